The lowest BCUT2D eigenvalue weighted by Gasteiger charge is -2.19. The lowest BCUT2D eigenvalue weighted by Crippen LogP contribution is -2.17. The highest BCUT2D eigenvalue weighted by atomic mass is 19.4. The molecule has 1 nitrogen and oxygen atoms in total. The van der Waals surface area contributed by atoms with Crippen molar-refractivity contribution >= 4 is 5.57 Å². The van der Waals surface area contributed by atoms with Gasteiger partial charge in [0.1, 0.15) is 0 Å². The van der Waals surface area contributed by atoms with Crippen LogP contribution in [-0.2, 0) is 0 Å². The molecule has 0 spiro atoms. The molecule has 0 saturated heterocycles. The maximum atomic E-state index is 14.5. The molecule has 0 fully saturated rings. The minimum Gasteiger partial charge on any atom is -0.403 e. The van der Waals surface area contributed by atoms with Gasteiger partial charge in [-0.2, -0.15) is 0 Å². The van der Waals surface area contributed by atoms with E-state index >= 15 is 0 Å². The third-order valence-corrected chi connectivity index (χ3v) is 4.57. The summed E-state index contributed by atoms with van der Waals surface area (Å²) < 4.78 is 83.1. The zero-order chi connectivity index (χ0) is 19.8. The van der Waals surface area contributed by atoms with Crippen LogP contribution in [0.1, 0.15) is 31.7 Å². The van der Waals surface area contributed by atoms with Crippen LogP contribution in [0.4, 0.5) is 26.3 Å². The van der Waals surface area contributed by atoms with Crippen molar-refractivity contribution in [1.29, 1.82) is 0 Å². The summed E-state index contributed by atoms with van der Waals surface area (Å²) in [6.07, 6.45) is -0.874. The van der Waals surface area contributed by atoms with Crippen molar-refractivity contribution in [3.05, 3.63) is 59.4 Å². The Labute approximate surface area is 152 Å². The van der Waals surface area contributed by atoms with Crippen LogP contribution in [0, 0.1) is 23.4 Å². The number of alkyl halides is 3. The van der Waals surface area contributed by atoms with E-state index in [2.05, 4.69) is 11.7 Å². The Hall–Kier alpha value is -2.44. The minimum atomic E-state index is -5.05. The number of hydrogen-bond acceptors (Lipinski definition) is 1. The van der Waals surface area contributed by atoms with E-state index in [9.17, 15) is 26.3 Å². The average Bonchev–Trinajstić information content (AvgIpc) is 2.59. The first kappa shape index (κ1) is 19.3. The van der Waals surface area contributed by atoms with Crippen LogP contribution in [0.15, 0.2) is 36.4 Å². The van der Waals surface area contributed by atoms with E-state index in [1.54, 1.807) is 0 Å². The van der Waals surface area contributed by atoms with E-state index in [0.29, 0.717) is 18.4 Å². The summed E-state index contributed by atoms with van der Waals surface area (Å²) in [5, 5.41) is 0. The maximum Gasteiger partial charge on any atom is 0.573 e. The second-order valence-electron chi connectivity index (χ2n) is 6.59. The predicted octanol–water partition coefficient (Wildman–Crippen LogP) is 6.87. The van der Waals surface area contributed by atoms with Crippen molar-refractivity contribution in [2.45, 2.75) is 32.5 Å². The highest BCUT2D eigenvalue weighted by Crippen LogP contribution is 2.36. The third-order valence-electron chi connectivity index (χ3n) is 4.57. The molecule has 0 heterocycles. The fourth-order valence-electron chi connectivity index (χ4n) is 3.11. The lowest BCUT2D eigenvalue weighted by molar-refractivity contribution is -0.275. The van der Waals surface area contributed by atoms with E-state index in [1.165, 1.54) is 12.1 Å². The van der Waals surface area contributed by atoms with Gasteiger partial charge in [0.2, 0.25) is 0 Å². The largest absolute Gasteiger partial charge is 0.573 e. The summed E-state index contributed by atoms with van der Waals surface area (Å²) >= 11 is 0. The molecule has 1 unspecified atom stereocenters. The molecule has 3 rings (SSSR count). The monoisotopic (exact) mass is 386 g/mol. The zero-order valence-electron chi connectivity index (χ0n) is 14.3. The highest BCUT2D eigenvalue weighted by molar-refractivity contribution is 5.72. The number of benzene rings is 2. The molecule has 0 saturated carbocycles. The number of halogens is 6. The molecule has 2 aromatic carbocycles. The summed E-state index contributed by atoms with van der Waals surface area (Å²) in [5.41, 5.74) is 0.548. The van der Waals surface area contributed by atoms with Crippen LogP contribution in [0.2, 0.25) is 0 Å². The normalized spacial score (nSPS) is 17.6. The van der Waals surface area contributed by atoms with Gasteiger partial charge in [-0.1, -0.05) is 31.2 Å². The first-order valence-electron chi connectivity index (χ1n) is 8.39. The SMILES string of the molecule is CC1CC=C(c2ccc(-c3ccc(OC(F)(F)F)c(F)c3)c(F)c2F)CC1. The van der Waals surface area contributed by atoms with Gasteiger partial charge in [-0.15, -0.1) is 13.2 Å². The molecule has 27 heavy (non-hydrogen) atoms. The Bertz CT molecular complexity index is 885. The van der Waals surface area contributed by atoms with E-state index < -0.39 is 29.6 Å². The third kappa shape index (κ3) is 4.28. The Morgan fingerprint density at radius 1 is 0.963 bits per heavy atom. The molecule has 2 aromatic rings. The molecule has 1 aliphatic carbocycles. The van der Waals surface area contributed by atoms with Gasteiger partial charge in [0.15, 0.2) is 23.2 Å². The molecule has 144 valence electrons. The molecule has 1 atom stereocenters. The van der Waals surface area contributed by atoms with Crippen LogP contribution in [0.25, 0.3) is 16.7 Å². The van der Waals surface area contributed by atoms with Crippen molar-refractivity contribution in [2.24, 2.45) is 5.92 Å². The maximum absolute atomic E-state index is 14.5. The minimum absolute atomic E-state index is 0.0868. The quantitative estimate of drug-likeness (QED) is 0.523. The second-order valence-corrected chi connectivity index (χ2v) is 6.59. The highest BCUT2D eigenvalue weighted by Gasteiger charge is 2.32. The van der Waals surface area contributed by atoms with E-state index in [4.69, 9.17) is 0 Å². The van der Waals surface area contributed by atoms with E-state index in [1.807, 2.05) is 6.08 Å². The van der Waals surface area contributed by atoms with Gasteiger partial charge in [0.25, 0.3) is 0 Å². The van der Waals surface area contributed by atoms with Gasteiger partial charge in [0.05, 0.1) is 0 Å². The topological polar surface area (TPSA) is 9.23 Å². The predicted molar refractivity (Wildman–Crippen MR) is 89.4 cm³/mol. The standard InChI is InChI=1S/C20H16F6O/c1-11-2-4-12(5-3-11)14-7-8-15(19(23)18(14)22)13-6-9-17(16(21)10-13)27-20(24,25)26/h4,6-11H,2-3,5H2,1H3. The van der Waals surface area contributed by atoms with Crippen molar-refractivity contribution in [3.63, 3.8) is 0 Å². The average molecular weight is 386 g/mol. The molecule has 0 bridgehead atoms. The molecule has 0 amide bonds. The molecule has 0 aromatic heterocycles. The fourth-order valence-corrected chi connectivity index (χ4v) is 3.11. The Balaban J connectivity index is 1.94. The summed E-state index contributed by atoms with van der Waals surface area (Å²) in [6.45, 7) is 2.08. The second kappa shape index (κ2) is 7.29. The molecular weight excluding hydrogens is 370 g/mol. The summed E-state index contributed by atoms with van der Waals surface area (Å²) in [5.74, 6) is -4.09. The summed E-state index contributed by atoms with van der Waals surface area (Å²) in [6, 6.07) is 5.16. The first-order valence-corrected chi connectivity index (χ1v) is 8.39. The molecule has 7 heteroatoms. The zero-order valence-corrected chi connectivity index (χ0v) is 14.3. The van der Waals surface area contributed by atoms with Crippen molar-refractivity contribution < 1.29 is 31.1 Å². The number of ether oxygens (including phenoxy) is 1. The van der Waals surface area contributed by atoms with Crippen molar-refractivity contribution in [2.75, 3.05) is 0 Å². The summed E-state index contributed by atoms with van der Waals surface area (Å²) in [4.78, 5) is 0. The van der Waals surface area contributed by atoms with E-state index in [-0.39, 0.29) is 16.7 Å². The van der Waals surface area contributed by atoms with Crippen LogP contribution in [-0.4, -0.2) is 6.36 Å². The number of rotatable bonds is 3. The van der Waals surface area contributed by atoms with Gasteiger partial charge in [-0.3, -0.25) is 0 Å². The van der Waals surface area contributed by atoms with Crippen molar-refractivity contribution in [3.8, 4) is 16.9 Å². The first-order chi connectivity index (χ1) is 12.7. The smallest absolute Gasteiger partial charge is 0.403 e. The van der Waals surface area contributed by atoms with E-state index in [0.717, 1.165) is 30.5 Å². The molecule has 0 aliphatic heterocycles. The van der Waals surface area contributed by atoms with Crippen LogP contribution in [0.5, 0.6) is 5.75 Å². The van der Waals surface area contributed by atoms with Crippen LogP contribution in [0.3, 0.4) is 0 Å². The molecule has 0 N–H and O–H groups in total. The van der Waals surface area contributed by atoms with Crippen molar-refractivity contribution in [1.82, 2.24) is 0 Å². The number of hydrogen-bond donors (Lipinski definition) is 0. The molecule has 1 aliphatic rings. The fraction of sp³-hybridized carbons (Fsp3) is 0.300. The van der Waals surface area contributed by atoms with Gasteiger partial charge >= 0.3 is 6.36 Å². The Morgan fingerprint density at radius 3 is 2.22 bits per heavy atom. The van der Waals surface area contributed by atoms with Gasteiger partial charge in [0, 0.05) is 11.1 Å². The molecule has 0 radical (unpaired) electrons. The van der Waals surface area contributed by atoms with Gasteiger partial charge in [-0.25, -0.2) is 13.2 Å². The lowest BCUT2D eigenvalue weighted by atomic mass is 9.87. The number of allylic oxidation sites excluding steroid dienone is 2. The summed E-state index contributed by atoms with van der Waals surface area (Å²) in [7, 11) is 0. The van der Waals surface area contributed by atoms with Gasteiger partial charge < -0.3 is 4.74 Å². The molecular formula is C20H16F6O. The Morgan fingerprint density at radius 2 is 1.63 bits per heavy atom. The van der Waals surface area contributed by atoms with Crippen LogP contribution >= 0.6 is 0 Å². The Kier molecular flexibility index (Phi) is 5.22. The van der Waals surface area contributed by atoms with Crippen LogP contribution < -0.4 is 4.74 Å². The van der Waals surface area contributed by atoms with Gasteiger partial charge in [-0.05, 0) is 48.4 Å².